The highest BCUT2D eigenvalue weighted by molar-refractivity contribution is 6.30. The van der Waals surface area contributed by atoms with Crippen LogP contribution >= 0.6 is 11.6 Å². The Kier molecular flexibility index (Phi) is 8.01. The summed E-state index contributed by atoms with van der Waals surface area (Å²) >= 11 is 6.25. The van der Waals surface area contributed by atoms with E-state index < -0.39 is 11.5 Å². The molecule has 5 aromatic carbocycles. The normalized spacial score (nSPS) is 11.5. The van der Waals surface area contributed by atoms with E-state index in [4.69, 9.17) is 11.6 Å². The van der Waals surface area contributed by atoms with E-state index in [1.807, 2.05) is 91.0 Å². The zero-order chi connectivity index (χ0) is 29.6. The maximum Gasteiger partial charge on any atom is 0.281 e. The Bertz CT molecular complexity index is 1810. The number of aromatic nitrogens is 1. The SMILES string of the molecule is O=C(NN=Cc1cc(-c2ccccc2)n(-c2ccc(Cl)cc2)c1-c1ccccc1)C(O)(c1ccccc1)c1ccccc1. The minimum atomic E-state index is -1.94. The standard InChI is InChI=1S/C37H28ClN3O2/c38-32-21-23-33(24-22-32)41-34(27-13-5-1-6-14-27)25-29(35(41)28-15-7-2-8-16-28)26-39-40-36(42)37(43,30-17-9-3-10-18-30)31-19-11-4-12-20-31/h1-26,43H,(H,40,42). The Hall–Kier alpha value is -5.23. The van der Waals surface area contributed by atoms with Crippen LogP contribution in [-0.2, 0) is 10.4 Å². The Labute approximate surface area is 255 Å². The first-order chi connectivity index (χ1) is 21.1. The first kappa shape index (κ1) is 27.9. The second-order valence-electron chi connectivity index (χ2n) is 10.0. The molecule has 1 amide bonds. The number of benzene rings is 5. The second-order valence-corrected chi connectivity index (χ2v) is 10.5. The molecule has 2 N–H and O–H groups in total. The summed E-state index contributed by atoms with van der Waals surface area (Å²) in [6, 6.07) is 47.6. The molecule has 210 valence electrons. The highest BCUT2D eigenvalue weighted by atomic mass is 35.5. The summed E-state index contributed by atoms with van der Waals surface area (Å²) < 4.78 is 2.16. The molecular formula is C37H28ClN3O2. The van der Waals surface area contributed by atoms with Gasteiger partial charge in [0.1, 0.15) is 0 Å². The summed E-state index contributed by atoms with van der Waals surface area (Å²) in [6.07, 6.45) is 1.62. The Morgan fingerprint density at radius 3 is 1.72 bits per heavy atom. The first-order valence-electron chi connectivity index (χ1n) is 13.8. The number of amides is 1. The number of carbonyl (C=O) groups is 1. The van der Waals surface area contributed by atoms with Crippen LogP contribution in [0.1, 0.15) is 16.7 Å². The molecule has 0 atom stereocenters. The van der Waals surface area contributed by atoms with Crippen molar-refractivity contribution in [3.8, 4) is 28.2 Å². The third-order valence-corrected chi connectivity index (χ3v) is 7.57. The van der Waals surface area contributed by atoms with Crippen molar-refractivity contribution < 1.29 is 9.90 Å². The molecule has 0 aliphatic carbocycles. The minimum Gasteiger partial charge on any atom is -0.372 e. The van der Waals surface area contributed by atoms with E-state index >= 15 is 0 Å². The molecule has 1 aromatic heterocycles. The number of aliphatic hydroxyl groups is 1. The largest absolute Gasteiger partial charge is 0.372 e. The molecule has 5 nitrogen and oxygen atoms in total. The van der Waals surface area contributed by atoms with E-state index in [9.17, 15) is 9.90 Å². The van der Waals surface area contributed by atoms with E-state index in [0.717, 1.165) is 33.8 Å². The molecule has 0 saturated heterocycles. The van der Waals surface area contributed by atoms with Gasteiger partial charge in [-0.1, -0.05) is 133 Å². The summed E-state index contributed by atoms with van der Waals surface area (Å²) in [6.45, 7) is 0. The fourth-order valence-electron chi connectivity index (χ4n) is 5.23. The molecule has 0 aliphatic rings. The first-order valence-corrected chi connectivity index (χ1v) is 14.2. The fraction of sp³-hybridized carbons (Fsp3) is 0.0270. The molecular weight excluding hydrogens is 554 g/mol. The maximum absolute atomic E-state index is 13.7. The monoisotopic (exact) mass is 581 g/mol. The smallest absolute Gasteiger partial charge is 0.281 e. The van der Waals surface area contributed by atoms with Crippen molar-refractivity contribution in [3.05, 3.63) is 173 Å². The van der Waals surface area contributed by atoms with Crippen molar-refractivity contribution in [2.75, 3.05) is 0 Å². The predicted octanol–water partition coefficient (Wildman–Crippen LogP) is 7.85. The lowest BCUT2D eigenvalue weighted by molar-refractivity contribution is -0.136. The summed E-state index contributed by atoms with van der Waals surface area (Å²) in [5.41, 5.74) is 7.09. The minimum absolute atomic E-state index is 0.444. The molecule has 43 heavy (non-hydrogen) atoms. The van der Waals surface area contributed by atoms with Gasteiger partial charge in [0.25, 0.3) is 5.91 Å². The molecule has 6 aromatic rings. The van der Waals surface area contributed by atoms with Crippen LogP contribution in [0, 0.1) is 0 Å². The van der Waals surface area contributed by atoms with Gasteiger partial charge in [-0.05, 0) is 52.6 Å². The van der Waals surface area contributed by atoms with Crippen molar-refractivity contribution in [2.45, 2.75) is 5.60 Å². The van der Waals surface area contributed by atoms with Gasteiger partial charge in [-0.3, -0.25) is 4.79 Å². The van der Waals surface area contributed by atoms with Crippen molar-refractivity contribution in [1.29, 1.82) is 0 Å². The summed E-state index contributed by atoms with van der Waals surface area (Å²) in [4.78, 5) is 13.7. The fourth-order valence-corrected chi connectivity index (χ4v) is 5.35. The number of hydrazone groups is 1. The van der Waals surface area contributed by atoms with Gasteiger partial charge >= 0.3 is 0 Å². The number of nitrogens with zero attached hydrogens (tertiary/aromatic N) is 2. The lowest BCUT2D eigenvalue weighted by atomic mass is 9.85. The Balaban J connectivity index is 1.45. The molecule has 0 unspecified atom stereocenters. The van der Waals surface area contributed by atoms with Gasteiger partial charge in [0.2, 0.25) is 0 Å². The molecule has 0 spiro atoms. The third-order valence-electron chi connectivity index (χ3n) is 7.31. The zero-order valence-electron chi connectivity index (χ0n) is 23.1. The van der Waals surface area contributed by atoms with Gasteiger partial charge in [0, 0.05) is 16.3 Å². The van der Waals surface area contributed by atoms with E-state index in [0.29, 0.717) is 16.1 Å². The highest BCUT2D eigenvalue weighted by Crippen LogP contribution is 2.36. The van der Waals surface area contributed by atoms with E-state index in [2.05, 4.69) is 27.2 Å². The lowest BCUT2D eigenvalue weighted by Gasteiger charge is -2.27. The Morgan fingerprint density at radius 2 is 1.19 bits per heavy atom. The van der Waals surface area contributed by atoms with Crippen LogP contribution in [0.15, 0.2) is 157 Å². The van der Waals surface area contributed by atoms with Crippen LogP contribution in [0.25, 0.3) is 28.2 Å². The average Bonchev–Trinajstić information content (AvgIpc) is 3.45. The van der Waals surface area contributed by atoms with Gasteiger partial charge in [0.05, 0.1) is 17.6 Å². The van der Waals surface area contributed by atoms with Crippen LogP contribution < -0.4 is 5.43 Å². The number of hydrogen-bond acceptors (Lipinski definition) is 3. The number of halogens is 1. The molecule has 0 radical (unpaired) electrons. The number of nitrogens with one attached hydrogen (secondary N) is 1. The van der Waals surface area contributed by atoms with Gasteiger partial charge in [-0.15, -0.1) is 0 Å². The topological polar surface area (TPSA) is 66.6 Å². The molecule has 6 rings (SSSR count). The summed E-state index contributed by atoms with van der Waals surface area (Å²) in [5.74, 6) is -0.664. The van der Waals surface area contributed by atoms with E-state index in [1.165, 1.54) is 0 Å². The number of carbonyl (C=O) groups excluding carboxylic acids is 1. The highest BCUT2D eigenvalue weighted by Gasteiger charge is 2.39. The van der Waals surface area contributed by atoms with E-state index in [-0.39, 0.29) is 0 Å². The second kappa shape index (κ2) is 12.3. The zero-order valence-corrected chi connectivity index (χ0v) is 23.9. The van der Waals surface area contributed by atoms with Crippen LogP contribution in [0.3, 0.4) is 0 Å². The van der Waals surface area contributed by atoms with Crippen LogP contribution in [0.4, 0.5) is 0 Å². The van der Waals surface area contributed by atoms with Gasteiger partial charge in [-0.2, -0.15) is 5.10 Å². The molecule has 0 bridgehead atoms. The van der Waals surface area contributed by atoms with Crippen LogP contribution in [-0.4, -0.2) is 21.8 Å². The van der Waals surface area contributed by atoms with Crippen molar-refractivity contribution in [2.24, 2.45) is 5.10 Å². The van der Waals surface area contributed by atoms with Gasteiger partial charge < -0.3 is 9.67 Å². The van der Waals surface area contributed by atoms with Crippen molar-refractivity contribution >= 4 is 23.7 Å². The predicted molar refractivity (Wildman–Crippen MR) is 173 cm³/mol. The third kappa shape index (κ3) is 5.64. The summed E-state index contributed by atoms with van der Waals surface area (Å²) in [5, 5.41) is 16.8. The molecule has 0 aliphatic heterocycles. The number of hydrogen-bond donors (Lipinski definition) is 2. The molecule has 6 heteroatoms. The molecule has 1 heterocycles. The quantitative estimate of drug-likeness (QED) is 0.142. The van der Waals surface area contributed by atoms with Crippen molar-refractivity contribution in [3.63, 3.8) is 0 Å². The molecule has 0 saturated carbocycles. The average molecular weight is 582 g/mol. The lowest BCUT2D eigenvalue weighted by Crippen LogP contribution is -2.43. The molecule has 0 fully saturated rings. The Morgan fingerprint density at radius 1 is 0.698 bits per heavy atom. The summed E-state index contributed by atoms with van der Waals surface area (Å²) in [7, 11) is 0. The van der Waals surface area contributed by atoms with Gasteiger partial charge in [-0.25, -0.2) is 5.43 Å². The number of rotatable bonds is 8. The van der Waals surface area contributed by atoms with Crippen molar-refractivity contribution in [1.82, 2.24) is 9.99 Å². The van der Waals surface area contributed by atoms with Gasteiger partial charge in [0.15, 0.2) is 5.60 Å². The van der Waals surface area contributed by atoms with Crippen LogP contribution in [0.2, 0.25) is 5.02 Å². The van der Waals surface area contributed by atoms with Crippen LogP contribution in [0.5, 0.6) is 0 Å². The van der Waals surface area contributed by atoms with E-state index in [1.54, 1.807) is 54.7 Å². The maximum atomic E-state index is 13.7.